The summed E-state index contributed by atoms with van der Waals surface area (Å²) in [4.78, 5) is 2.28. The Morgan fingerprint density at radius 2 is 1.88 bits per heavy atom. The zero-order valence-electron chi connectivity index (χ0n) is 10.2. The molecule has 2 heterocycles. The molecule has 2 aliphatic rings. The molecule has 6 nitrogen and oxygen atoms in total. The minimum absolute atomic E-state index is 0.128. The molecule has 2 N–H and O–H groups in total. The summed E-state index contributed by atoms with van der Waals surface area (Å²) in [7, 11) is -3.03. The molecule has 0 saturated carbocycles. The molecule has 0 spiro atoms. The fraction of sp³-hybridized carbons (Fsp3) is 1.00. The summed E-state index contributed by atoms with van der Waals surface area (Å²) in [6.45, 7) is 5.04. The number of sulfonamides is 1. The fourth-order valence-electron chi connectivity index (χ4n) is 2.38. The molecule has 0 radical (unpaired) electrons. The first-order chi connectivity index (χ1) is 7.97. The number of nitrogens with two attached hydrogens (primary N) is 1. The lowest BCUT2D eigenvalue weighted by Gasteiger charge is -2.34. The second-order valence-corrected chi connectivity index (χ2v) is 6.91. The lowest BCUT2D eigenvalue weighted by Crippen LogP contribution is -2.50. The van der Waals surface area contributed by atoms with E-state index in [0.717, 1.165) is 26.2 Å². The maximum absolute atomic E-state index is 11.4. The van der Waals surface area contributed by atoms with E-state index in [9.17, 15) is 8.42 Å². The highest BCUT2D eigenvalue weighted by Gasteiger charge is 2.29. The van der Waals surface area contributed by atoms with Crippen molar-refractivity contribution in [2.24, 2.45) is 11.7 Å². The van der Waals surface area contributed by atoms with Crippen molar-refractivity contribution in [2.45, 2.75) is 6.04 Å². The Bertz CT molecular complexity index is 352. The normalized spacial score (nSPS) is 33.1. The minimum Gasteiger partial charge on any atom is -0.379 e. The van der Waals surface area contributed by atoms with E-state index in [4.69, 9.17) is 10.5 Å². The Labute approximate surface area is 103 Å². The first-order valence-corrected chi connectivity index (χ1v) is 7.82. The van der Waals surface area contributed by atoms with Crippen LogP contribution in [0.3, 0.4) is 0 Å². The average Bonchev–Trinajstić information content (AvgIpc) is 2.64. The van der Waals surface area contributed by atoms with Crippen molar-refractivity contribution in [3.8, 4) is 0 Å². The zero-order valence-corrected chi connectivity index (χ0v) is 11.0. The van der Waals surface area contributed by atoms with Crippen LogP contribution in [0.1, 0.15) is 0 Å². The van der Waals surface area contributed by atoms with Gasteiger partial charge in [-0.25, -0.2) is 8.42 Å². The minimum atomic E-state index is -3.03. The largest absolute Gasteiger partial charge is 0.379 e. The molecule has 2 unspecified atom stereocenters. The third kappa shape index (κ3) is 3.38. The molecule has 0 aromatic carbocycles. The summed E-state index contributed by atoms with van der Waals surface area (Å²) in [5.41, 5.74) is 5.93. The molecule has 0 aromatic rings. The van der Waals surface area contributed by atoms with Crippen LogP contribution in [0.2, 0.25) is 0 Å². The molecule has 2 atom stereocenters. The molecule has 100 valence electrons. The predicted octanol–water partition coefficient (Wildman–Crippen LogP) is -1.46. The van der Waals surface area contributed by atoms with Gasteiger partial charge in [0.15, 0.2) is 0 Å². The van der Waals surface area contributed by atoms with Crippen molar-refractivity contribution in [3.63, 3.8) is 0 Å². The summed E-state index contributed by atoms with van der Waals surface area (Å²) < 4.78 is 29.6. The van der Waals surface area contributed by atoms with E-state index in [-0.39, 0.29) is 6.04 Å². The molecular formula is C10H21N3O3S. The molecule has 2 rings (SSSR count). The van der Waals surface area contributed by atoms with Gasteiger partial charge in [-0.15, -0.1) is 0 Å². The van der Waals surface area contributed by atoms with E-state index in [1.807, 2.05) is 0 Å². The van der Waals surface area contributed by atoms with Crippen LogP contribution in [-0.4, -0.2) is 75.9 Å². The van der Waals surface area contributed by atoms with Crippen LogP contribution >= 0.6 is 0 Å². The molecule has 17 heavy (non-hydrogen) atoms. The molecule has 0 aliphatic carbocycles. The van der Waals surface area contributed by atoms with Crippen molar-refractivity contribution in [1.82, 2.24) is 9.21 Å². The van der Waals surface area contributed by atoms with Crippen molar-refractivity contribution < 1.29 is 13.2 Å². The van der Waals surface area contributed by atoms with E-state index < -0.39 is 10.0 Å². The predicted molar refractivity (Wildman–Crippen MR) is 65.1 cm³/mol. The van der Waals surface area contributed by atoms with E-state index >= 15 is 0 Å². The average molecular weight is 263 g/mol. The molecule has 0 aromatic heterocycles. The summed E-state index contributed by atoms with van der Waals surface area (Å²) in [5, 5.41) is 0. The van der Waals surface area contributed by atoms with Crippen LogP contribution in [-0.2, 0) is 14.8 Å². The van der Waals surface area contributed by atoms with Crippen LogP contribution in [0.5, 0.6) is 0 Å². The smallest absolute Gasteiger partial charge is 0.211 e. The Morgan fingerprint density at radius 3 is 2.35 bits per heavy atom. The lowest BCUT2D eigenvalue weighted by atomic mass is 10.0. The van der Waals surface area contributed by atoms with Gasteiger partial charge in [0.25, 0.3) is 0 Å². The van der Waals surface area contributed by atoms with Crippen LogP contribution in [0.25, 0.3) is 0 Å². The summed E-state index contributed by atoms with van der Waals surface area (Å²) in [5.74, 6) is 0.389. The van der Waals surface area contributed by atoms with Gasteiger partial charge in [-0.1, -0.05) is 0 Å². The highest BCUT2D eigenvalue weighted by atomic mass is 32.2. The Hall–Kier alpha value is -0.210. The van der Waals surface area contributed by atoms with E-state index in [2.05, 4.69) is 4.90 Å². The Morgan fingerprint density at radius 1 is 1.24 bits per heavy atom. The first kappa shape index (κ1) is 13.2. The molecule has 2 saturated heterocycles. The van der Waals surface area contributed by atoms with Gasteiger partial charge in [-0.2, -0.15) is 4.31 Å². The summed E-state index contributed by atoms with van der Waals surface area (Å²) in [6.07, 6.45) is 1.27. The molecule has 0 bridgehead atoms. The molecule has 2 aliphatic heterocycles. The lowest BCUT2D eigenvalue weighted by molar-refractivity contribution is 0.143. The van der Waals surface area contributed by atoms with Gasteiger partial charge in [0.1, 0.15) is 0 Å². The SMILES string of the molecule is CS(=O)(=O)N1CCN(CC2COCC2N)CC1. The monoisotopic (exact) mass is 263 g/mol. The van der Waals surface area contributed by atoms with E-state index in [1.165, 1.54) is 10.6 Å². The maximum Gasteiger partial charge on any atom is 0.211 e. The van der Waals surface area contributed by atoms with Crippen LogP contribution in [0, 0.1) is 5.92 Å². The molecule has 2 fully saturated rings. The Kier molecular flexibility index (Phi) is 4.04. The number of nitrogens with zero attached hydrogens (tertiary/aromatic N) is 2. The first-order valence-electron chi connectivity index (χ1n) is 5.97. The third-order valence-corrected chi connectivity index (χ3v) is 4.84. The number of hydrogen-bond donors (Lipinski definition) is 1. The maximum atomic E-state index is 11.4. The number of rotatable bonds is 3. The number of ether oxygens (including phenoxy) is 1. The fourth-order valence-corrected chi connectivity index (χ4v) is 3.21. The highest BCUT2D eigenvalue weighted by molar-refractivity contribution is 7.88. The van der Waals surface area contributed by atoms with Crippen LogP contribution in [0.4, 0.5) is 0 Å². The van der Waals surface area contributed by atoms with Crippen molar-refractivity contribution in [1.29, 1.82) is 0 Å². The van der Waals surface area contributed by atoms with Crippen molar-refractivity contribution in [3.05, 3.63) is 0 Å². The number of hydrogen-bond acceptors (Lipinski definition) is 5. The number of piperazine rings is 1. The van der Waals surface area contributed by atoms with Crippen molar-refractivity contribution >= 4 is 10.0 Å². The Balaban J connectivity index is 1.79. The van der Waals surface area contributed by atoms with Gasteiger partial charge in [0, 0.05) is 44.7 Å². The second-order valence-electron chi connectivity index (χ2n) is 4.92. The van der Waals surface area contributed by atoms with Crippen molar-refractivity contribution in [2.75, 3.05) is 52.2 Å². The highest BCUT2D eigenvalue weighted by Crippen LogP contribution is 2.15. The summed E-state index contributed by atoms with van der Waals surface area (Å²) >= 11 is 0. The second kappa shape index (κ2) is 5.19. The van der Waals surface area contributed by atoms with Gasteiger partial charge in [-0.05, 0) is 0 Å². The molecule has 7 heteroatoms. The summed E-state index contributed by atoms with van der Waals surface area (Å²) in [6, 6.07) is 0.128. The van der Waals surface area contributed by atoms with Crippen LogP contribution < -0.4 is 5.73 Å². The zero-order chi connectivity index (χ0) is 12.5. The van der Waals surface area contributed by atoms with Gasteiger partial charge >= 0.3 is 0 Å². The van der Waals surface area contributed by atoms with Gasteiger partial charge in [0.05, 0.1) is 19.5 Å². The topological polar surface area (TPSA) is 75.9 Å². The van der Waals surface area contributed by atoms with Crippen LogP contribution in [0.15, 0.2) is 0 Å². The molecular weight excluding hydrogens is 242 g/mol. The van der Waals surface area contributed by atoms with Gasteiger partial charge in [0.2, 0.25) is 10.0 Å². The van der Waals surface area contributed by atoms with E-state index in [1.54, 1.807) is 0 Å². The van der Waals surface area contributed by atoms with E-state index in [0.29, 0.717) is 25.6 Å². The standard InChI is InChI=1S/C10H21N3O3S/c1-17(14,15)13-4-2-12(3-5-13)6-9-7-16-8-10(9)11/h9-10H,2-8,11H2,1H3. The molecule has 0 amide bonds. The van der Waals surface area contributed by atoms with Gasteiger partial charge in [-0.3, -0.25) is 0 Å². The third-order valence-electron chi connectivity index (χ3n) is 3.54. The van der Waals surface area contributed by atoms with Gasteiger partial charge < -0.3 is 15.4 Å². The quantitative estimate of drug-likeness (QED) is 0.673.